The summed E-state index contributed by atoms with van der Waals surface area (Å²) in [5, 5.41) is 2.87. The highest BCUT2D eigenvalue weighted by atomic mass is 35.5. The second-order valence-corrected chi connectivity index (χ2v) is 8.17. The summed E-state index contributed by atoms with van der Waals surface area (Å²) < 4.78 is 37.4. The van der Waals surface area contributed by atoms with Gasteiger partial charge in [0.2, 0.25) is 0 Å². The quantitative estimate of drug-likeness (QED) is 0.323. The average Bonchev–Trinajstić information content (AvgIpc) is 2.95. The smallest absolute Gasteiger partial charge is 0.317 e. The minimum atomic E-state index is -4.52. The van der Waals surface area contributed by atoms with Crippen molar-refractivity contribution in [2.24, 2.45) is 5.41 Å². The Morgan fingerprint density at radius 2 is 1.71 bits per heavy atom. The van der Waals surface area contributed by atoms with Gasteiger partial charge in [-0.15, -0.1) is 23.2 Å². The molecule has 1 aromatic rings. The van der Waals surface area contributed by atoms with E-state index in [0.717, 1.165) is 12.1 Å². The molecule has 1 saturated carbocycles. The number of anilines is 1. The van der Waals surface area contributed by atoms with E-state index in [2.05, 4.69) is 16.2 Å². The molecule has 2 rings (SSSR count). The number of halogens is 7. The predicted molar refractivity (Wildman–Crippen MR) is 92.8 cm³/mol. The molecular formula is C14H16Cl4F3N3. The van der Waals surface area contributed by atoms with Crippen molar-refractivity contribution in [3.63, 3.8) is 0 Å². The molecule has 0 spiro atoms. The molecule has 1 aromatic carbocycles. The highest BCUT2D eigenvalue weighted by molar-refractivity contribution is 6.51. The maximum absolute atomic E-state index is 12.8. The van der Waals surface area contributed by atoms with Crippen molar-refractivity contribution in [2.75, 3.05) is 12.0 Å². The molecule has 2 atom stereocenters. The summed E-state index contributed by atoms with van der Waals surface area (Å²) in [5.41, 5.74) is 4.50. The zero-order valence-electron chi connectivity index (χ0n) is 12.8. The minimum absolute atomic E-state index is 0.147. The standard InChI is InChI=1S/C14H16Cl4F3N3/c1-3-22-11(12(2)6-13(12,17)18)24-23-10-8(15)4-7(5-9(10)16)14(19,20)21/h4-5,11,22-24H,3,6H2,1-2H3. The van der Waals surface area contributed by atoms with E-state index in [9.17, 15) is 13.2 Å². The third-order valence-electron chi connectivity index (χ3n) is 4.06. The van der Waals surface area contributed by atoms with Gasteiger partial charge < -0.3 is 10.7 Å². The van der Waals surface area contributed by atoms with Gasteiger partial charge in [0, 0.05) is 5.41 Å². The Kier molecular flexibility index (Phi) is 5.80. The van der Waals surface area contributed by atoms with Gasteiger partial charge in [0.05, 0.1) is 27.5 Å². The van der Waals surface area contributed by atoms with E-state index < -0.39 is 21.5 Å². The summed E-state index contributed by atoms with van der Waals surface area (Å²) in [7, 11) is 0. The van der Waals surface area contributed by atoms with Crippen LogP contribution >= 0.6 is 46.4 Å². The van der Waals surface area contributed by atoms with Crippen LogP contribution in [0.5, 0.6) is 0 Å². The van der Waals surface area contributed by atoms with Crippen LogP contribution in [0.1, 0.15) is 25.8 Å². The van der Waals surface area contributed by atoms with Crippen LogP contribution in [0.4, 0.5) is 18.9 Å². The van der Waals surface area contributed by atoms with Gasteiger partial charge in [0.25, 0.3) is 0 Å². The van der Waals surface area contributed by atoms with Crippen LogP contribution < -0.4 is 16.2 Å². The van der Waals surface area contributed by atoms with E-state index >= 15 is 0 Å². The van der Waals surface area contributed by atoms with Crippen LogP contribution in [0.3, 0.4) is 0 Å². The molecule has 24 heavy (non-hydrogen) atoms. The Hall–Kier alpha value is -0.110. The van der Waals surface area contributed by atoms with Gasteiger partial charge in [-0.1, -0.05) is 37.0 Å². The minimum Gasteiger partial charge on any atom is -0.317 e. The highest BCUT2D eigenvalue weighted by Gasteiger charge is 2.66. The van der Waals surface area contributed by atoms with E-state index in [-0.39, 0.29) is 21.9 Å². The van der Waals surface area contributed by atoms with Gasteiger partial charge in [0.15, 0.2) is 0 Å². The third kappa shape index (κ3) is 4.00. The molecule has 0 radical (unpaired) electrons. The molecule has 1 fully saturated rings. The fourth-order valence-corrected chi connectivity index (χ4v) is 3.73. The van der Waals surface area contributed by atoms with Crippen LogP contribution in [-0.2, 0) is 6.18 Å². The topological polar surface area (TPSA) is 36.1 Å². The Morgan fingerprint density at radius 1 is 1.21 bits per heavy atom. The maximum Gasteiger partial charge on any atom is 0.416 e. The largest absolute Gasteiger partial charge is 0.416 e. The first-order valence-electron chi connectivity index (χ1n) is 7.11. The number of benzene rings is 1. The molecule has 0 saturated heterocycles. The number of hydrazine groups is 1. The molecule has 1 aliphatic rings. The normalized spacial score (nSPS) is 23.9. The fraction of sp³-hybridized carbons (Fsp3) is 0.571. The molecule has 136 valence electrons. The lowest BCUT2D eigenvalue weighted by atomic mass is 10.1. The lowest BCUT2D eigenvalue weighted by Crippen LogP contribution is -2.52. The van der Waals surface area contributed by atoms with E-state index in [1.807, 2.05) is 13.8 Å². The van der Waals surface area contributed by atoms with E-state index in [1.54, 1.807) is 0 Å². The monoisotopic (exact) mass is 423 g/mol. The van der Waals surface area contributed by atoms with Gasteiger partial charge in [-0.05, 0) is 25.1 Å². The number of alkyl halides is 5. The van der Waals surface area contributed by atoms with Crippen LogP contribution in [0, 0.1) is 5.41 Å². The van der Waals surface area contributed by atoms with Crippen molar-refractivity contribution < 1.29 is 13.2 Å². The average molecular weight is 425 g/mol. The van der Waals surface area contributed by atoms with Gasteiger partial charge in [-0.3, -0.25) is 0 Å². The Morgan fingerprint density at radius 3 is 2.08 bits per heavy atom. The molecule has 0 aliphatic heterocycles. The molecule has 0 amide bonds. The second-order valence-electron chi connectivity index (χ2n) is 5.87. The molecule has 0 bridgehead atoms. The number of hydrogen-bond acceptors (Lipinski definition) is 3. The Balaban J connectivity index is 2.16. The SMILES string of the molecule is CCNC(NNc1c(Cl)cc(C(F)(F)F)cc1Cl)C1(C)CC1(Cl)Cl. The Labute approximate surface area is 158 Å². The lowest BCUT2D eigenvalue weighted by molar-refractivity contribution is -0.137. The van der Waals surface area contributed by atoms with Gasteiger partial charge in [-0.2, -0.15) is 13.2 Å². The van der Waals surface area contributed by atoms with E-state index in [0.29, 0.717) is 13.0 Å². The first-order valence-corrected chi connectivity index (χ1v) is 8.62. The van der Waals surface area contributed by atoms with Gasteiger partial charge >= 0.3 is 6.18 Å². The predicted octanol–water partition coefficient (Wildman–Crippen LogP) is 5.45. The highest BCUT2D eigenvalue weighted by Crippen LogP contribution is 2.65. The zero-order valence-corrected chi connectivity index (χ0v) is 15.8. The number of nitrogens with one attached hydrogen (secondary N) is 3. The molecule has 3 N–H and O–H groups in total. The molecule has 2 unspecified atom stereocenters. The van der Waals surface area contributed by atoms with Crippen molar-refractivity contribution in [1.82, 2.24) is 10.7 Å². The van der Waals surface area contributed by atoms with Crippen LogP contribution in [0.15, 0.2) is 12.1 Å². The van der Waals surface area contributed by atoms with Crippen molar-refractivity contribution in [3.8, 4) is 0 Å². The van der Waals surface area contributed by atoms with Gasteiger partial charge in [-0.25, -0.2) is 5.43 Å². The number of hydrogen-bond donors (Lipinski definition) is 3. The maximum atomic E-state index is 12.8. The molecule has 0 heterocycles. The van der Waals surface area contributed by atoms with Crippen LogP contribution in [0.25, 0.3) is 0 Å². The molecule has 10 heteroatoms. The Bertz CT molecular complexity index is 601. The summed E-state index contributed by atoms with van der Waals surface area (Å²) >= 11 is 24.2. The lowest BCUT2D eigenvalue weighted by Gasteiger charge is -2.28. The van der Waals surface area contributed by atoms with Crippen LogP contribution in [-0.4, -0.2) is 17.0 Å². The van der Waals surface area contributed by atoms with Crippen LogP contribution in [0.2, 0.25) is 10.0 Å². The van der Waals surface area contributed by atoms with Crippen molar-refractivity contribution in [1.29, 1.82) is 0 Å². The summed E-state index contributed by atoms with van der Waals surface area (Å²) in [6, 6.07) is 1.62. The van der Waals surface area contributed by atoms with Crippen molar-refractivity contribution >= 4 is 52.1 Å². The molecule has 1 aliphatic carbocycles. The molecule has 3 nitrogen and oxygen atoms in total. The summed E-state index contributed by atoms with van der Waals surface area (Å²) in [6.07, 6.45) is -4.31. The summed E-state index contributed by atoms with van der Waals surface area (Å²) in [5.74, 6) is 0. The second kappa shape index (κ2) is 6.89. The zero-order chi connectivity index (χ0) is 18.3. The summed E-state index contributed by atoms with van der Waals surface area (Å²) in [4.78, 5) is 0. The number of rotatable bonds is 6. The summed E-state index contributed by atoms with van der Waals surface area (Å²) in [6.45, 7) is 4.43. The third-order valence-corrected chi connectivity index (χ3v) is 5.78. The molecule has 0 aromatic heterocycles. The molecular weight excluding hydrogens is 409 g/mol. The van der Waals surface area contributed by atoms with Crippen molar-refractivity contribution in [3.05, 3.63) is 27.7 Å². The van der Waals surface area contributed by atoms with Gasteiger partial charge in [0.1, 0.15) is 4.33 Å². The van der Waals surface area contributed by atoms with E-state index in [1.165, 1.54) is 0 Å². The fourth-order valence-electron chi connectivity index (χ4n) is 2.37. The van der Waals surface area contributed by atoms with Crippen molar-refractivity contribution in [2.45, 2.75) is 36.9 Å². The van der Waals surface area contributed by atoms with E-state index in [4.69, 9.17) is 46.4 Å². The first kappa shape index (κ1) is 20.2. The first-order chi connectivity index (χ1) is 10.9.